The molecule has 6 nitrogen and oxygen atoms in total. The van der Waals surface area contributed by atoms with Crippen LogP contribution in [0.2, 0.25) is 18.1 Å². The molecule has 0 radical (unpaired) electrons. The molecule has 0 spiro atoms. The minimum absolute atomic E-state index is 0.144. The standard InChI is InChI=1S/C18H34O6Si/c1-16(2,3)25(8,9)19-10-11-12-13(22-17(4,5)21-12)14-15(20-11)24-18(6,7)23-14/h11-15H,10H2,1-9H3/t11?,12-,13?,14?,15+/m0/s1. The Kier molecular flexibility index (Phi) is 4.73. The van der Waals surface area contributed by atoms with Gasteiger partial charge in [-0.05, 0) is 45.8 Å². The van der Waals surface area contributed by atoms with Crippen LogP contribution in [0.25, 0.3) is 0 Å². The van der Waals surface area contributed by atoms with Gasteiger partial charge < -0.3 is 28.1 Å². The van der Waals surface area contributed by atoms with Crippen molar-refractivity contribution in [2.24, 2.45) is 0 Å². The van der Waals surface area contributed by atoms with E-state index < -0.39 is 26.2 Å². The van der Waals surface area contributed by atoms with E-state index in [4.69, 9.17) is 28.1 Å². The van der Waals surface area contributed by atoms with Crippen LogP contribution in [0.15, 0.2) is 0 Å². The van der Waals surface area contributed by atoms with Crippen molar-refractivity contribution in [1.82, 2.24) is 0 Å². The Labute approximate surface area is 152 Å². The highest BCUT2D eigenvalue weighted by atomic mass is 28.4. The van der Waals surface area contributed by atoms with Crippen LogP contribution in [0, 0.1) is 0 Å². The molecule has 146 valence electrons. The van der Waals surface area contributed by atoms with E-state index in [0.29, 0.717) is 6.61 Å². The molecule has 3 saturated heterocycles. The van der Waals surface area contributed by atoms with Crippen LogP contribution in [0.4, 0.5) is 0 Å². The smallest absolute Gasteiger partial charge is 0.192 e. The molecule has 3 heterocycles. The SMILES string of the molecule is CC1(C)OC2C3OC(C)(C)O[C@H]3C(CO[Si](C)(C)C(C)(C)C)O[C@@H]2O1. The van der Waals surface area contributed by atoms with Gasteiger partial charge in [-0.25, -0.2) is 0 Å². The van der Waals surface area contributed by atoms with Crippen molar-refractivity contribution >= 4 is 8.32 Å². The molecule has 0 saturated carbocycles. The molecule has 0 aromatic rings. The predicted molar refractivity (Wildman–Crippen MR) is 95.7 cm³/mol. The summed E-state index contributed by atoms with van der Waals surface area (Å²) in [4.78, 5) is 0. The second-order valence-corrected chi connectivity index (χ2v) is 14.6. The Hall–Kier alpha value is -0.0231. The van der Waals surface area contributed by atoms with Crippen LogP contribution < -0.4 is 0 Å². The largest absolute Gasteiger partial charge is 0.414 e. The Bertz CT molecular complexity index is 512. The summed E-state index contributed by atoms with van der Waals surface area (Å²) in [6, 6.07) is 0. The fourth-order valence-electron chi connectivity index (χ4n) is 3.33. The van der Waals surface area contributed by atoms with Crippen molar-refractivity contribution in [3.63, 3.8) is 0 Å². The summed E-state index contributed by atoms with van der Waals surface area (Å²) in [5.41, 5.74) is 0. The number of fused-ring (bicyclic) bond motifs is 3. The van der Waals surface area contributed by atoms with Crippen LogP contribution in [0.3, 0.4) is 0 Å². The topological polar surface area (TPSA) is 55.4 Å². The monoisotopic (exact) mass is 374 g/mol. The Balaban J connectivity index is 1.76. The highest BCUT2D eigenvalue weighted by Crippen LogP contribution is 2.45. The summed E-state index contributed by atoms with van der Waals surface area (Å²) in [7, 11) is -1.88. The fourth-order valence-corrected chi connectivity index (χ4v) is 4.35. The molecule has 3 aliphatic rings. The molecule has 3 unspecified atom stereocenters. The van der Waals surface area contributed by atoms with Crippen molar-refractivity contribution in [2.45, 2.75) is 109 Å². The first-order valence-electron chi connectivity index (χ1n) is 9.22. The lowest BCUT2D eigenvalue weighted by molar-refractivity contribution is -0.239. The van der Waals surface area contributed by atoms with Crippen LogP contribution in [0.1, 0.15) is 48.5 Å². The van der Waals surface area contributed by atoms with E-state index in [0.717, 1.165) is 0 Å². The second kappa shape index (κ2) is 5.99. The van der Waals surface area contributed by atoms with Gasteiger partial charge in [-0.3, -0.25) is 0 Å². The Morgan fingerprint density at radius 3 is 1.96 bits per heavy atom. The van der Waals surface area contributed by atoms with Gasteiger partial charge in [-0.2, -0.15) is 0 Å². The van der Waals surface area contributed by atoms with Gasteiger partial charge in [0.05, 0.1) is 6.61 Å². The van der Waals surface area contributed by atoms with Crippen LogP contribution >= 0.6 is 0 Å². The molecular weight excluding hydrogens is 340 g/mol. The van der Waals surface area contributed by atoms with E-state index in [9.17, 15) is 0 Å². The molecule has 3 rings (SSSR count). The van der Waals surface area contributed by atoms with Crippen molar-refractivity contribution in [3.05, 3.63) is 0 Å². The summed E-state index contributed by atoms with van der Waals surface area (Å²) < 4.78 is 36.8. The maximum absolute atomic E-state index is 6.39. The minimum atomic E-state index is -1.88. The van der Waals surface area contributed by atoms with Crippen LogP contribution in [-0.4, -0.2) is 57.2 Å². The summed E-state index contributed by atoms with van der Waals surface area (Å²) >= 11 is 0. The molecule has 0 amide bonds. The van der Waals surface area contributed by atoms with Crippen LogP contribution in [-0.2, 0) is 28.1 Å². The number of rotatable bonds is 3. The maximum Gasteiger partial charge on any atom is 0.192 e. The lowest BCUT2D eigenvalue weighted by Crippen LogP contribution is -2.57. The summed E-state index contributed by atoms with van der Waals surface area (Å²) in [5.74, 6) is -1.36. The predicted octanol–water partition coefficient (Wildman–Crippen LogP) is 3.40. The van der Waals surface area contributed by atoms with Gasteiger partial charge in [0.2, 0.25) is 0 Å². The van der Waals surface area contributed by atoms with E-state index in [1.54, 1.807) is 0 Å². The van der Waals surface area contributed by atoms with Gasteiger partial charge in [0, 0.05) is 0 Å². The lowest BCUT2D eigenvalue weighted by Gasteiger charge is -2.41. The minimum Gasteiger partial charge on any atom is -0.414 e. The molecule has 7 heteroatoms. The van der Waals surface area contributed by atoms with Gasteiger partial charge in [0.25, 0.3) is 0 Å². The molecule has 3 fully saturated rings. The summed E-state index contributed by atoms with van der Waals surface area (Å²) in [6.07, 6.45) is -1.42. The van der Waals surface area contributed by atoms with Gasteiger partial charge >= 0.3 is 0 Å². The van der Waals surface area contributed by atoms with Gasteiger partial charge in [0.1, 0.15) is 24.4 Å². The molecule has 0 aromatic carbocycles. The first kappa shape index (κ1) is 19.7. The van der Waals surface area contributed by atoms with E-state index >= 15 is 0 Å². The molecule has 0 bridgehead atoms. The molecule has 0 N–H and O–H groups in total. The van der Waals surface area contributed by atoms with Gasteiger partial charge in [0.15, 0.2) is 26.2 Å². The third kappa shape index (κ3) is 3.83. The average Bonchev–Trinajstić information content (AvgIpc) is 2.89. The summed E-state index contributed by atoms with van der Waals surface area (Å²) in [5, 5.41) is 0.144. The number of hydrogen-bond acceptors (Lipinski definition) is 6. The number of hydrogen-bond donors (Lipinski definition) is 0. The van der Waals surface area contributed by atoms with E-state index in [-0.39, 0.29) is 29.5 Å². The van der Waals surface area contributed by atoms with E-state index in [2.05, 4.69) is 33.9 Å². The van der Waals surface area contributed by atoms with E-state index in [1.165, 1.54) is 0 Å². The van der Waals surface area contributed by atoms with E-state index in [1.807, 2.05) is 27.7 Å². The maximum atomic E-state index is 6.39. The molecular formula is C18H34O6Si. The first-order chi connectivity index (χ1) is 11.2. The zero-order valence-electron chi connectivity index (χ0n) is 17.0. The van der Waals surface area contributed by atoms with Gasteiger partial charge in [-0.1, -0.05) is 20.8 Å². The zero-order valence-corrected chi connectivity index (χ0v) is 18.0. The lowest BCUT2D eigenvalue weighted by atomic mass is 9.99. The third-order valence-electron chi connectivity index (χ3n) is 5.67. The highest BCUT2D eigenvalue weighted by molar-refractivity contribution is 6.74. The molecule has 0 aromatic heterocycles. The Morgan fingerprint density at radius 1 is 0.840 bits per heavy atom. The second-order valence-electron chi connectivity index (χ2n) is 9.78. The molecule has 0 aliphatic carbocycles. The highest BCUT2D eigenvalue weighted by Gasteiger charge is 2.60. The number of ether oxygens (including phenoxy) is 5. The average molecular weight is 375 g/mol. The molecule has 5 atom stereocenters. The molecule has 25 heavy (non-hydrogen) atoms. The normalized spacial score (nSPS) is 40.0. The van der Waals surface area contributed by atoms with Crippen LogP contribution in [0.5, 0.6) is 0 Å². The zero-order chi connectivity index (χ0) is 18.8. The fraction of sp³-hybridized carbons (Fsp3) is 1.00. The van der Waals surface area contributed by atoms with Crippen molar-refractivity contribution in [2.75, 3.05) is 6.61 Å². The van der Waals surface area contributed by atoms with Crippen molar-refractivity contribution in [1.29, 1.82) is 0 Å². The quantitative estimate of drug-likeness (QED) is 0.706. The van der Waals surface area contributed by atoms with Gasteiger partial charge in [-0.15, -0.1) is 0 Å². The van der Waals surface area contributed by atoms with Crippen molar-refractivity contribution in [3.8, 4) is 0 Å². The van der Waals surface area contributed by atoms with Crippen molar-refractivity contribution < 1.29 is 28.1 Å². The molecule has 3 aliphatic heterocycles. The summed E-state index contributed by atoms with van der Waals surface area (Å²) in [6.45, 7) is 19.3. The Morgan fingerprint density at radius 2 is 1.36 bits per heavy atom. The third-order valence-corrected chi connectivity index (χ3v) is 10.2. The first-order valence-corrected chi connectivity index (χ1v) is 12.1.